The molecule has 0 spiro atoms. The lowest BCUT2D eigenvalue weighted by molar-refractivity contribution is -0.137. The lowest BCUT2D eigenvalue weighted by Crippen LogP contribution is -2.23. The number of ether oxygens (including phenoxy) is 1. The first-order chi connectivity index (χ1) is 12.3. The maximum atomic E-state index is 13.0. The molecule has 0 aliphatic heterocycles. The molecule has 3 rings (SSSR count). The van der Waals surface area contributed by atoms with Gasteiger partial charge in [-0.3, -0.25) is 4.79 Å². The molecule has 0 saturated carbocycles. The molecule has 0 bridgehead atoms. The minimum Gasteiger partial charge on any atom is -0.464 e. The quantitative estimate of drug-likeness (QED) is 0.690. The third kappa shape index (κ3) is 3.43. The molecule has 26 heavy (non-hydrogen) atoms. The predicted octanol–water partition coefficient (Wildman–Crippen LogP) is 4.15. The van der Waals surface area contributed by atoms with Crippen molar-refractivity contribution in [3.8, 4) is 0 Å². The molecule has 3 aromatic rings. The van der Waals surface area contributed by atoms with Gasteiger partial charge in [-0.05, 0) is 29.6 Å². The molecule has 0 atom stereocenters. The van der Waals surface area contributed by atoms with Crippen molar-refractivity contribution in [1.82, 2.24) is 4.57 Å². The minimum absolute atomic E-state index is 0.161. The molecule has 0 aliphatic rings. The summed E-state index contributed by atoms with van der Waals surface area (Å²) in [7, 11) is 1.22. The van der Waals surface area contributed by atoms with Gasteiger partial charge < -0.3 is 14.6 Å². The summed E-state index contributed by atoms with van der Waals surface area (Å²) in [6.45, 7) is -0.319. The third-order valence-electron chi connectivity index (χ3n) is 3.71. The number of alkyl halides is 3. The summed E-state index contributed by atoms with van der Waals surface area (Å²) in [5, 5.41) is 4.81. The van der Waals surface area contributed by atoms with Crippen molar-refractivity contribution in [3.05, 3.63) is 53.0 Å². The van der Waals surface area contributed by atoms with Crippen LogP contribution in [0.5, 0.6) is 0 Å². The smallest absolute Gasteiger partial charge is 0.418 e. The predicted molar refractivity (Wildman–Crippen MR) is 91.2 cm³/mol. The number of thiophene rings is 1. The molecule has 0 fully saturated rings. The Balaban J connectivity index is 1.89. The van der Waals surface area contributed by atoms with Gasteiger partial charge in [0.05, 0.1) is 18.4 Å². The maximum absolute atomic E-state index is 13.0. The summed E-state index contributed by atoms with van der Waals surface area (Å²) in [5.41, 5.74) is -1.11. The van der Waals surface area contributed by atoms with E-state index < -0.39 is 23.6 Å². The second-order valence-corrected chi connectivity index (χ2v) is 6.27. The van der Waals surface area contributed by atoms with Crippen LogP contribution < -0.4 is 5.32 Å². The number of para-hydroxylation sites is 1. The molecule has 0 aliphatic carbocycles. The van der Waals surface area contributed by atoms with E-state index in [-0.39, 0.29) is 17.9 Å². The molecule has 1 amide bonds. The van der Waals surface area contributed by atoms with E-state index in [0.29, 0.717) is 4.83 Å². The summed E-state index contributed by atoms with van der Waals surface area (Å²) < 4.78 is 45.3. The number of nitrogens with one attached hydrogen (secondary N) is 1. The van der Waals surface area contributed by atoms with Gasteiger partial charge in [-0.25, -0.2) is 4.79 Å². The van der Waals surface area contributed by atoms with Crippen LogP contribution in [0, 0.1) is 0 Å². The maximum Gasteiger partial charge on any atom is 0.418 e. The Hall–Kier alpha value is -2.81. The van der Waals surface area contributed by atoms with E-state index in [4.69, 9.17) is 4.74 Å². The van der Waals surface area contributed by atoms with E-state index >= 15 is 0 Å². The topological polar surface area (TPSA) is 60.3 Å². The Bertz CT molecular complexity index is 975. The number of methoxy groups -OCH3 is 1. The zero-order valence-corrected chi connectivity index (χ0v) is 14.3. The molecule has 2 aromatic heterocycles. The Labute approximate surface area is 150 Å². The van der Waals surface area contributed by atoms with Crippen molar-refractivity contribution in [1.29, 1.82) is 0 Å². The monoisotopic (exact) mass is 382 g/mol. The first-order valence-corrected chi connectivity index (χ1v) is 8.30. The van der Waals surface area contributed by atoms with Crippen LogP contribution in [0.15, 0.2) is 41.8 Å². The lowest BCUT2D eigenvalue weighted by atomic mass is 10.1. The van der Waals surface area contributed by atoms with Crippen molar-refractivity contribution in [2.75, 3.05) is 12.4 Å². The van der Waals surface area contributed by atoms with E-state index in [1.807, 2.05) is 0 Å². The highest BCUT2D eigenvalue weighted by Gasteiger charge is 2.33. The highest BCUT2D eigenvalue weighted by atomic mass is 32.1. The van der Waals surface area contributed by atoms with Crippen molar-refractivity contribution in [3.63, 3.8) is 0 Å². The molecular formula is C17H13F3N2O3S. The fraction of sp³-hybridized carbons (Fsp3) is 0.176. The van der Waals surface area contributed by atoms with Gasteiger partial charge in [-0.2, -0.15) is 13.2 Å². The molecule has 2 heterocycles. The number of amides is 1. The van der Waals surface area contributed by atoms with Crippen LogP contribution in [0.4, 0.5) is 18.9 Å². The highest BCUT2D eigenvalue weighted by Crippen LogP contribution is 2.34. The van der Waals surface area contributed by atoms with Gasteiger partial charge in [0.1, 0.15) is 17.1 Å². The van der Waals surface area contributed by atoms with E-state index in [0.717, 1.165) is 11.5 Å². The van der Waals surface area contributed by atoms with E-state index in [1.165, 1.54) is 41.2 Å². The van der Waals surface area contributed by atoms with E-state index in [1.54, 1.807) is 17.5 Å². The minimum atomic E-state index is -4.59. The number of carbonyl (C=O) groups is 2. The number of esters is 1. The largest absolute Gasteiger partial charge is 0.464 e. The molecule has 136 valence electrons. The molecule has 9 heteroatoms. The zero-order valence-electron chi connectivity index (χ0n) is 13.5. The number of fused-ring (bicyclic) bond motifs is 1. The van der Waals surface area contributed by atoms with Crippen molar-refractivity contribution >= 4 is 39.1 Å². The van der Waals surface area contributed by atoms with Gasteiger partial charge in [-0.1, -0.05) is 12.1 Å². The number of nitrogens with zero attached hydrogens (tertiary/aromatic N) is 1. The van der Waals surface area contributed by atoms with Crippen LogP contribution in [0.3, 0.4) is 0 Å². The van der Waals surface area contributed by atoms with Crippen molar-refractivity contribution in [2.24, 2.45) is 0 Å². The summed E-state index contributed by atoms with van der Waals surface area (Å²) in [6.07, 6.45) is -4.59. The van der Waals surface area contributed by atoms with Crippen molar-refractivity contribution in [2.45, 2.75) is 12.7 Å². The summed E-state index contributed by atoms with van der Waals surface area (Å²) in [6, 6.07) is 8.07. The first kappa shape index (κ1) is 18.0. The van der Waals surface area contributed by atoms with Crippen LogP contribution in [0.2, 0.25) is 0 Å². The second kappa shape index (κ2) is 6.83. The number of anilines is 1. The highest BCUT2D eigenvalue weighted by molar-refractivity contribution is 7.16. The van der Waals surface area contributed by atoms with Gasteiger partial charge in [0.25, 0.3) is 0 Å². The third-order valence-corrected chi connectivity index (χ3v) is 4.66. The molecule has 0 saturated heterocycles. The molecule has 0 unspecified atom stereocenters. The van der Waals surface area contributed by atoms with Crippen molar-refractivity contribution < 1.29 is 27.5 Å². The molecule has 0 radical (unpaired) electrons. The van der Waals surface area contributed by atoms with Gasteiger partial charge in [0.2, 0.25) is 5.91 Å². The molecule has 1 N–H and O–H groups in total. The van der Waals surface area contributed by atoms with Crippen LogP contribution in [-0.4, -0.2) is 23.6 Å². The Morgan fingerprint density at radius 2 is 1.96 bits per heavy atom. The number of benzene rings is 1. The molecular weight excluding hydrogens is 369 g/mol. The summed E-state index contributed by atoms with van der Waals surface area (Å²) in [4.78, 5) is 24.9. The average Bonchev–Trinajstić information content (AvgIpc) is 3.16. The Kier molecular flexibility index (Phi) is 4.73. The summed E-state index contributed by atoms with van der Waals surface area (Å²) >= 11 is 1.31. The Morgan fingerprint density at radius 3 is 2.65 bits per heavy atom. The lowest BCUT2D eigenvalue weighted by Gasteiger charge is -2.14. The van der Waals surface area contributed by atoms with Gasteiger partial charge in [-0.15, -0.1) is 11.3 Å². The van der Waals surface area contributed by atoms with Crippen LogP contribution >= 0.6 is 11.3 Å². The van der Waals surface area contributed by atoms with E-state index in [9.17, 15) is 22.8 Å². The standard InChI is InChI=1S/C17H13F3N2O3S/c1-25-16(24)13-8-10-6-7-26-15(10)22(13)9-14(23)21-12-5-3-2-4-11(12)17(18,19)20/h2-8H,9H2,1H3,(H,21,23). The zero-order chi connectivity index (χ0) is 18.9. The molecule has 5 nitrogen and oxygen atoms in total. The number of aromatic nitrogens is 1. The number of hydrogen-bond acceptors (Lipinski definition) is 4. The molecule has 1 aromatic carbocycles. The number of hydrogen-bond donors (Lipinski definition) is 1. The van der Waals surface area contributed by atoms with Crippen LogP contribution in [0.1, 0.15) is 16.1 Å². The Morgan fingerprint density at radius 1 is 1.23 bits per heavy atom. The summed E-state index contributed by atoms with van der Waals surface area (Å²) in [5.74, 6) is -1.31. The SMILES string of the molecule is COC(=O)c1cc2ccsc2n1CC(=O)Nc1ccccc1C(F)(F)F. The fourth-order valence-corrected chi connectivity index (χ4v) is 3.48. The normalized spacial score (nSPS) is 11.5. The van der Waals surface area contributed by atoms with Gasteiger partial charge in [0.15, 0.2) is 0 Å². The fourth-order valence-electron chi connectivity index (χ4n) is 2.58. The van der Waals surface area contributed by atoms with Crippen LogP contribution in [-0.2, 0) is 22.3 Å². The second-order valence-electron chi connectivity index (χ2n) is 5.38. The number of carbonyl (C=O) groups excluding carboxylic acids is 2. The number of halogens is 3. The van der Waals surface area contributed by atoms with Crippen LogP contribution in [0.25, 0.3) is 10.2 Å². The van der Waals surface area contributed by atoms with E-state index in [2.05, 4.69) is 5.32 Å². The van der Waals surface area contributed by atoms with Gasteiger partial charge in [0, 0.05) is 5.39 Å². The number of rotatable bonds is 4. The average molecular weight is 382 g/mol. The first-order valence-electron chi connectivity index (χ1n) is 7.42. The van der Waals surface area contributed by atoms with Gasteiger partial charge >= 0.3 is 12.1 Å².